The summed E-state index contributed by atoms with van der Waals surface area (Å²) in [6.07, 6.45) is 2.72. The molecule has 0 heterocycles. The van der Waals surface area contributed by atoms with Crippen molar-refractivity contribution in [3.63, 3.8) is 0 Å². The predicted molar refractivity (Wildman–Crippen MR) is 76.0 cm³/mol. The number of carbonyl (C=O) groups is 1. The van der Waals surface area contributed by atoms with E-state index in [1.165, 1.54) is 5.56 Å². The molecule has 0 bridgehead atoms. The minimum atomic E-state index is -0.595. The second-order valence-electron chi connectivity index (χ2n) is 4.77. The monoisotopic (exact) mass is 262 g/mol. The van der Waals surface area contributed by atoms with Gasteiger partial charge in [-0.05, 0) is 24.1 Å². The Balaban J connectivity index is 2.67. The maximum absolute atomic E-state index is 11.2. The van der Waals surface area contributed by atoms with Crippen molar-refractivity contribution in [3.8, 4) is 5.75 Å². The Bertz CT molecular complexity index is 407. The third-order valence-corrected chi connectivity index (χ3v) is 2.66. The van der Waals surface area contributed by atoms with Crippen LogP contribution >= 0.6 is 0 Å². The van der Waals surface area contributed by atoms with Crippen molar-refractivity contribution in [1.29, 1.82) is 0 Å². The van der Waals surface area contributed by atoms with Crippen LogP contribution in [0.15, 0.2) is 36.9 Å². The van der Waals surface area contributed by atoms with Gasteiger partial charge in [-0.15, -0.1) is 0 Å². The van der Waals surface area contributed by atoms with Crippen molar-refractivity contribution in [2.75, 3.05) is 0 Å². The van der Waals surface area contributed by atoms with E-state index in [0.29, 0.717) is 5.75 Å². The van der Waals surface area contributed by atoms with Crippen LogP contribution in [-0.4, -0.2) is 12.3 Å². The van der Waals surface area contributed by atoms with Crippen LogP contribution in [0.5, 0.6) is 5.75 Å². The Hall–Kier alpha value is -1.77. The second kappa shape index (κ2) is 7.62. The Kier molecular flexibility index (Phi) is 6.13. The van der Waals surface area contributed by atoms with Gasteiger partial charge in [-0.3, -0.25) is 0 Å². The standard InChI is InChI=1S/C16H22O3/c1-5-7-13-8-10-14(11-9-13)18-16(12(3)4)19-15(17)6-2/h6,8-12,16H,2,5,7H2,1,3-4H3. The number of benzene rings is 1. The maximum atomic E-state index is 11.2. The lowest BCUT2D eigenvalue weighted by Crippen LogP contribution is -2.28. The van der Waals surface area contributed by atoms with Crippen LogP contribution in [0.3, 0.4) is 0 Å². The summed E-state index contributed by atoms with van der Waals surface area (Å²) in [7, 11) is 0. The zero-order valence-electron chi connectivity index (χ0n) is 11.9. The second-order valence-corrected chi connectivity index (χ2v) is 4.77. The molecule has 0 N–H and O–H groups in total. The van der Waals surface area contributed by atoms with Gasteiger partial charge >= 0.3 is 5.97 Å². The molecule has 0 radical (unpaired) electrons. The maximum Gasteiger partial charge on any atom is 0.333 e. The number of hydrogen-bond donors (Lipinski definition) is 0. The van der Waals surface area contributed by atoms with Crippen molar-refractivity contribution in [2.24, 2.45) is 5.92 Å². The lowest BCUT2D eigenvalue weighted by molar-refractivity contribution is -0.163. The highest BCUT2D eigenvalue weighted by molar-refractivity contribution is 5.81. The summed E-state index contributed by atoms with van der Waals surface area (Å²) < 4.78 is 10.9. The summed E-state index contributed by atoms with van der Waals surface area (Å²) >= 11 is 0. The highest BCUT2D eigenvalue weighted by Crippen LogP contribution is 2.18. The fourth-order valence-electron chi connectivity index (χ4n) is 1.62. The van der Waals surface area contributed by atoms with Crippen LogP contribution in [-0.2, 0) is 16.0 Å². The van der Waals surface area contributed by atoms with Crippen molar-refractivity contribution in [3.05, 3.63) is 42.5 Å². The Morgan fingerprint density at radius 2 is 1.95 bits per heavy atom. The fraction of sp³-hybridized carbons (Fsp3) is 0.438. The minimum Gasteiger partial charge on any atom is -0.454 e. The van der Waals surface area contributed by atoms with Gasteiger partial charge in [0.1, 0.15) is 5.75 Å². The Morgan fingerprint density at radius 3 is 2.42 bits per heavy atom. The quantitative estimate of drug-likeness (QED) is 0.427. The average molecular weight is 262 g/mol. The first-order valence-corrected chi connectivity index (χ1v) is 6.65. The van der Waals surface area contributed by atoms with Gasteiger partial charge in [-0.2, -0.15) is 0 Å². The highest BCUT2D eigenvalue weighted by Gasteiger charge is 2.18. The molecule has 3 nitrogen and oxygen atoms in total. The molecular formula is C16H22O3. The number of aryl methyl sites for hydroxylation is 1. The molecule has 1 aromatic carbocycles. The molecule has 1 atom stereocenters. The zero-order valence-corrected chi connectivity index (χ0v) is 11.9. The summed E-state index contributed by atoms with van der Waals surface area (Å²) in [6.45, 7) is 9.40. The van der Waals surface area contributed by atoms with Crippen LogP contribution in [0.4, 0.5) is 0 Å². The molecular weight excluding hydrogens is 240 g/mol. The Morgan fingerprint density at radius 1 is 1.32 bits per heavy atom. The molecule has 0 fully saturated rings. The van der Waals surface area contributed by atoms with Gasteiger partial charge in [0.2, 0.25) is 6.29 Å². The van der Waals surface area contributed by atoms with Crippen LogP contribution in [0.25, 0.3) is 0 Å². The van der Waals surface area contributed by atoms with Crippen LogP contribution in [0, 0.1) is 5.92 Å². The number of esters is 1. The summed E-state index contributed by atoms with van der Waals surface area (Å²) in [5.74, 6) is 0.302. The molecule has 0 spiro atoms. The lowest BCUT2D eigenvalue weighted by atomic mass is 10.1. The summed E-state index contributed by atoms with van der Waals surface area (Å²) in [4.78, 5) is 11.2. The average Bonchev–Trinajstić information content (AvgIpc) is 2.40. The highest BCUT2D eigenvalue weighted by atomic mass is 16.7. The summed E-state index contributed by atoms with van der Waals surface area (Å²) in [6, 6.07) is 7.88. The number of carbonyl (C=O) groups excluding carboxylic acids is 1. The first-order chi connectivity index (χ1) is 9.06. The van der Waals surface area contributed by atoms with E-state index in [-0.39, 0.29) is 5.92 Å². The van der Waals surface area contributed by atoms with Gasteiger partial charge in [0.05, 0.1) is 0 Å². The lowest BCUT2D eigenvalue weighted by Gasteiger charge is -2.22. The van der Waals surface area contributed by atoms with E-state index in [4.69, 9.17) is 9.47 Å². The van der Waals surface area contributed by atoms with Gasteiger partial charge in [0.25, 0.3) is 0 Å². The summed E-state index contributed by atoms with van der Waals surface area (Å²) in [5, 5.41) is 0. The molecule has 19 heavy (non-hydrogen) atoms. The van der Waals surface area contributed by atoms with E-state index in [2.05, 4.69) is 13.5 Å². The van der Waals surface area contributed by atoms with E-state index in [0.717, 1.165) is 18.9 Å². The topological polar surface area (TPSA) is 35.5 Å². The van der Waals surface area contributed by atoms with E-state index in [1.807, 2.05) is 38.1 Å². The van der Waals surface area contributed by atoms with E-state index >= 15 is 0 Å². The first kappa shape index (κ1) is 15.3. The number of hydrogen-bond acceptors (Lipinski definition) is 3. The molecule has 1 unspecified atom stereocenters. The largest absolute Gasteiger partial charge is 0.454 e. The molecule has 3 heteroatoms. The smallest absolute Gasteiger partial charge is 0.333 e. The van der Waals surface area contributed by atoms with Gasteiger partial charge in [0, 0.05) is 12.0 Å². The number of rotatable bonds is 7. The van der Waals surface area contributed by atoms with Gasteiger partial charge in [0.15, 0.2) is 0 Å². The van der Waals surface area contributed by atoms with E-state index in [1.54, 1.807) is 0 Å². The molecule has 0 aliphatic carbocycles. The molecule has 0 saturated carbocycles. The molecule has 1 aromatic rings. The van der Waals surface area contributed by atoms with Crippen molar-refractivity contribution >= 4 is 5.97 Å². The third kappa shape index (κ3) is 5.16. The molecule has 1 rings (SSSR count). The fourth-order valence-corrected chi connectivity index (χ4v) is 1.62. The molecule has 0 aliphatic rings. The SMILES string of the molecule is C=CC(=O)OC(Oc1ccc(CCC)cc1)C(C)C. The predicted octanol–water partition coefficient (Wildman–Crippen LogP) is 3.73. The minimum absolute atomic E-state index is 0.0687. The van der Waals surface area contributed by atoms with Gasteiger partial charge in [-0.1, -0.05) is 45.9 Å². The number of ether oxygens (including phenoxy) is 2. The van der Waals surface area contributed by atoms with Gasteiger partial charge < -0.3 is 9.47 Å². The van der Waals surface area contributed by atoms with E-state index in [9.17, 15) is 4.79 Å². The molecule has 0 amide bonds. The summed E-state index contributed by atoms with van der Waals surface area (Å²) in [5.41, 5.74) is 1.28. The molecule has 0 aromatic heterocycles. The third-order valence-electron chi connectivity index (χ3n) is 2.66. The van der Waals surface area contributed by atoms with Crippen molar-refractivity contribution < 1.29 is 14.3 Å². The van der Waals surface area contributed by atoms with Crippen LogP contribution < -0.4 is 4.74 Å². The zero-order chi connectivity index (χ0) is 14.3. The van der Waals surface area contributed by atoms with Crippen LogP contribution in [0.1, 0.15) is 32.8 Å². The Labute approximate surface area is 115 Å². The molecule has 104 valence electrons. The van der Waals surface area contributed by atoms with E-state index < -0.39 is 12.3 Å². The molecule has 0 aliphatic heterocycles. The normalized spacial score (nSPS) is 12.0. The van der Waals surface area contributed by atoms with Gasteiger partial charge in [-0.25, -0.2) is 4.79 Å². The molecule has 0 saturated heterocycles. The van der Waals surface area contributed by atoms with Crippen molar-refractivity contribution in [1.82, 2.24) is 0 Å². The van der Waals surface area contributed by atoms with Crippen molar-refractivity contribution in [2.45, 2.75) is 39.9 Å². The van der Waals surface area contributed by atoms with Crippen LogP contribution in [0.2, 0.25) is 0 Å². The first-order valence-electron chi connectivity index (χ1n) is 6.65.